The van der Waals surface area contributed by atoms with Crippen molar-refractivity contribution in [2.75, 3.05) is 13.2 Å². The van der Waals surface area contributed by atoms with Crippen LogP contribution in [0.3, 0.4) is 0 Å². The highest BCUT2D eigenvalue weighted by atomic mass is 16.5. The molecule has 1 saturated carbocycles. The Morgan fingerprint density at radius 3 is 2.82 bits per heavy atom. The van der Waals surface area contributed by atoms with Crippen molar-refractivity contribution in [1.82, 2.24) is 10.1 Å². The summed E-state index contributed by atoms with van der Waals surface area (Å²) < 4.78 is 10.7. The summed E-state index contributed by atoms with van der Waals surface area (Å²) in [7, 11) is 0. The first kappa shape index (κ1) is 11.2. The van der Waals surface area contributed by atoms with Gasteiger partial charge in [-0.25, -0.2) is 0 Å². The molecule has 1 aliphatic heterocycles. The second kappa shape index (κ2) is 4.74. The Kier molecular flexibility index (Phi) is 3.11. The molecule has 0 radical (unpaired) electrons. The fraction of sp³-hybridized carbons (Fsp3) is 0.833. The summed E-state index contributed by atoms with van der Waals surface area (Å²) in [6.45, 7) is 1.52. The van der Waals surface area contributed by atoms with E-state index in [1.165, 1.54) is 0 Å². The number of rotatable bonds is 2. The third-order valence-electron chi connectivity index (χ3n) is 3.78. The number of ether oxygens (including phenoxy) is 1. The molecular formula is C12H18N2O3. The molecule has 1 aliphatic carbocycles. The fourth-order valence-electron chi connectivity index (χ4n) is 2.74. The molecule has 2 fully saturated rings. The number of aromatic nitrogens is 2. The molecule has 0 bridgehead atoms. The second-order valence-electron chi connectivity index (χ2n) is 5.01. The van der Waals surface area contributed by atoms with Crippen molar-refractivity contribution in [2.45, 2.75) is 50.0 Å². The van der Waals surface area contributed by atoms with E-state index in [4.69, 9.17) is 9.26 Å². The molecule has 5 heteroatoms. The van der Waals surface area contributed by atoms with Gasteiger partial charge in [0.15, 0.2) is 5.82 Å². The zero-order valence-electron chi connectivity index (χ0n) is 9.84. The highest BCUT2D eigenvalue weighted by Crippen LogP contribution is 2.34. The maximum absolute atomic E-state index is 9.81. The van der Waals surface area contributed by atoms with Crippen LogP contribution in [0.15, 0.2) is 4.52 Å². The van der Waals surface area contributed by atoms with Gasteiger partial charge in [0.05, 0.1) is 18.6 Å². The number of aliphatic hydroxyl groups excluding tert-OH is 1. The lowest BCUT2D eigenvalue weighted by molar-refractivity contribution is 0.0773. The van der Waals surface area contributed by atoms with Crippen molar-refractivity contribution >= 4 is 0 Å². The molecule has 5 nitrogen and oxygen atoms in total. The van der Waals surface area contributed by atoms with Crippen LogP contribution in [-0.4, -0.2) is 34.6 Å². The maximum atomic E-state index is 9.81. The van der Waals surface area contributed by atoms with Gasteiger partial charge < -0.3 is 14.4 Å². The van der Waals surface area contributed by atoms with Gasteiger partial charge in [-0.3, -0.25) is 0 Å². The van der Waals surface area contributed by atoms with Crippen molar-refractivity contribution in [2.24, 2.45) is 0 Å². The fourth-order valence-corrected chi connectivity index (χ4v) is 2.74. The molecule has 1 N–H and O–H groups in total. The van der Waals surface area contributed by atoms with Gasteiger partial charge in [0.1, 0.15) is 0 Å². The Balaban J connectivity index is 1.73. The number of aliphatic hydroxyl groups is 1. The molecule has 3 rings (SSSR count). The standard InChI is InChI=1S/C12H18N2O3/c15-10-5-1-4-9(10)12-13-11(14-17-12)8-3-2-6-16-7-8/h8-10,15H,1-7H2. The highest BCUT2D eigenvalue weighted by Gasteiger charge is 2.32. The van der Waals surface area contributed by atoms with Crippen molar-refractivity contribution in [3.63, 3.8) is 0 Å². The molecule has 0 aromatic carbocycles. The lowest BCUT2D eigenvalue weighted by Crippen LogP contribution is -2.17. The minimum absolute atomic E-state index is 0.0424. The Morgan fingerprint density at radius 2 is 2.12 bits per heavy atom. The van der Waals surface area contributed by atoms with Crippen molar-refractivity contribution in [1.29, 1.82) is 0 Å². The molecule has 94 valence electrons. The van der Waals surface area contributed by atoms with Gasteiger partial charge in [-0.05, 0) is 32.1 Å². The average Bonchev–Trinajstić information content (AvgIpc) is 2.98. The third-order valence-corrected chi connectivity index (χ3v) is 3.78. The molecular weight excluding hydrogens is 220 g/mol. The van der Waals surface area contributed by atoms with Gasteiger partial charge in [0.25, 0.3) is 0 Å². The van der Waals surface area contributed by atoms with Gasteiger partial charge in [-0.1, -0.05) is 5.16 Å². The molecule has 3 atom stereocenters. The summed E-state index contributed by atoms with van der Waals surface area (Å²) >= 11 is 0. The van der Waals surface area contributed by atoms with E-state index in [-0.39, 0.29) is 17.9 Å². The van der Waals surface area contributed by atoms with Crippen molar-refractivity contribution in [3.05, 3.63) is 11.7 Å². The number of hydrogen-bond acceptors (Lipinski definition) is 5. The SMILES string of the molecule is OC1CCCC1c1nc(C2CCCOC2)no1. The first-order valence-corrected chi connectivity index (χ1v) is 6.44. The first-order valence-electron chi connectivity index (χ1n) is 6.44. The molecule has 2 heterocycles. The maximum Gasteiger partial charge on any atom is 0.232 e. The monoisotopic (exact) mass is 238 g/mol. The molecule has 0 spiro atoms. The smallest absolute Gasteiger partial charge is 0.232 e. The molecule has 2 aliphatic rings. The Hall–Kier alpha value is -0.940. The van der Waals surface area contributed by atoms with Crippen LogP contribution in [0.5, 0.6) is 0 Å². The Bertz CT molecular complexity index is 374. The van der Waals surface area contributed by atoms with Crippen LogP contribution in [0.4, 0.5) is 0 Å². The predicted molar refractivity (Wildman–Crippen MR) is 59.7 cm³/mol. The van der Waals surface area contributed by atoms with E-state index in [1.54, 1.807) is 0 Å². The molecule has 1 saturated heterocycles. The number of nitrogens with zero attached hydrogens (tertiary/aromatic N) is 2. The van der Waals surface area contributed by atoms with E-state index in [1.807, 2.05) is 0 Å². The van der Waals surface area contributed by atoms with Gasteiger partial charge in [-0.15, -0.1) is 0 Å². The Labute approximate surface area is 100 Å². The Morgan fingerprint density at radius 1 is 1.18 bits per heavy atom. The van der Waals surface area contributed by atoms with E-state index in [0.717, 1.165) is 44.5 Å². The second-order valence-corrected chi connectivity index (χ2v) is 5.01. The topological polar surface area (TPSA) is 68.4 Å². The van der Waals surface area contributed by atoms with E-state index < -0.39 is 0 Å². The van der Waals surface area contributed by atoms with Gasteiger partial charge in [0.2, 0.25) is 5.89 Å². The van der Waals surface area contributed by atoms with Crippen LogP contribution in [-0.2, 0) is 4.74 Å². The van der Waals surface area contributed by atoms with Gasteiger partial charge in [-0.2, -0.15) is 4.98 Å². The lowest BCUT2D eigenvalue weighted by atomic mass is 10.0. The molecule has 1 aromatic rings. The van der Waals surface area contributed by atoms with Crippen molar-refractivity contribution < 1.29 is 14.4 Å². The van der Waals surface area contributed by atoms with E-state index in [0.29, 0.717) is 12.5 Å². The van der Waals surface area contributed by atoms with Crippen molar-refractivity contribution in [3.8, 4) is 0 Å². The summed E-state index contributed by atoms with van der Waals surface area (Å²) in [5.41, 5.74) is 0. The van der Waals surface area contributed by atoms with Gasteiger partial charge >= 0.3 is 0 Å². The third kappa shape index (κ3) is 2.21. The lowest BCUT2D eigenvalue weighted by Gasteiger charge is -2.18. The average molecular weight is 238 g/mol. The van der Waals surface area contributed by atoms with E-state index in [2.05, 4.69) is 10.1 Å². The van der Waals surface area contributed by atoms with E-state index >= 15 is 0 Å². The van der Waals surface area contributed by atoms with Crippen LogP contribution < -0.4 is 0 Å². The summed E-state index contributed by atoms with van der Waals surface area (Å²) in [6, 6.07) is 0. The summed E-state index contributed by atoms with van der Waals surface area (Å²) in [5.74, 6) is 1.66. The van der Waals surface area contributed by atoms with Crippen LogP contribution in [0.2, 0.25) is 0 Å². The molecule has 0 amide bonds. The predicted octanol–water partition coefficient (Wildman–Crippen LogP) is 1.59. The van der Waals surface area contributed by atoms with Crippen LogP contribution >= 0.6 is 0 Å². The minimum atomic E-state index is -0.314. The quantitative estimate of drug-likeness (QED) is 0.847. The molecule has 1 aromatic heterocycles. The van der Waals surface area contributed by atoms with Crippen LogP contribution in [0.1, 0.15) is 55.7 Å². The largest absolute Gasteiger partial charge is 0.392 e. The minimum Gasteiger partial charge on any atom is -0.392 e. The van der Waals surface area contributed by atoms with Crippen LogP contribution in [0, 0.1) is 0 Å². The zero-order valence-corrected chi connectivity index (χ0v) is 9.84. The highest BCUT2D eigenvalue weighted by molar-refractivity contribution is 5.03. The molecule has 3 unspecified atom stereocenters. The summed E-state index contributed by atoms with van der Waals surface area (Å²) in [5, 5.41) is 13.9. The summed E-state index contributed by atoms with van der Waals surface area (Å²) in [4.78, 5) is 4.45. The number of hydrogen-bond donors (Lipinski definition) is 1. The van der Waals surface area contributed by atoms with E-state index in [9.17, 15) is 5.11 Å². The zero-order chi connectivity index (χ0) is 11.7. The summed E-state index contributed by atoms with van der Waals surface area (Å²) in [6.07, 6.45) is 4.63. The first-order chi connectivity index (χ1) is 8.34. The van der Waals surface area contributed by atoms with Gasteiger partial charge in [0, 0.05) is 12.5 Å². The normalized spacial score (nSPS) is 34.1. The molecule has 17 heavy (non-hydrogen) atoms. The van der Waals surface area contributed by atoms with Crippen LogP contribution in [0.25, 0.3) is 0 Å².